The number of rotatable bonds is 3. The van der Waals surface area contributed by atoms with Crippen LogP contribution in [0.4, 0.5) is 18.9 Å². The van der Waals surface area contributed by atoms with Crippen molar-refractivity contribution in [1.29, 1.82) is 0 Å². The lowest BCUT2D eigenvalue weighted by molar-refractivity contribution is 0.584. The average molecular weight is 251 g/mol. The van der Waals surface area contributed by atoms with Crippen LogP contribution in [0, 0.1) is 24.4 Å². The molecule has 0 atom stereocenters. The molecule has 1 N–H and O–H groups in total. The predicted octanol–water partition coefficient (Wildman–Crippen LogP) is 4.02. The fourth-order valence-corrected chi connectivity index (χ4v) is 1.66. The maximum Gasteiger partial charge on any atom is 0.149 e. The summed E-state index contributed by atoms with van der Waals surface area (Å²) in [5.74, 6) is -1.68. The van der Waals surface area contributed by atoms with Crippen LogP contribution in [0.15, 0.2) is 36.4 Å². The Morgan fingerprint density at radius 3 is 2.44 bits per heavy atom. The van der Waals surface area contributed by atoms with Gasteiger partial charge >= 0.3 is 0 Å². The molecule has 0 spiro atoms. The molecule has 2 rings (SSSR count). The molecule has 1 nitrogen and oxygen atoms in total. The molecule has 0 saturated heterocycles. The molecule has 0 unspecified atom stereocenters. The van der Waals surface area contributed by atoms with E-state index in [1.54, 1.807) is 12.1 Å². The molecular formula is C14H12F3N. The SMILES string of the molecule is Cc1ccc(F)c(CNc2ccc(F)cc2F)c1. The summed E-state index contributed by atoms with van der Waals surface area (Å²) in [6.07, 6.45) is 0. The fraction of sp³-hybridized carbons (Fsp3) is 0.143. The molecule has 0 radical (unpaired) electrons. The number of nitrogens with one attached hydrogen (secondary N) is 1. The number of hydrogen-bond donors (Lipinski definition) is 1. The van der Waals surface area contributed by atoms with Crippen molar-refractivity contribution in [3.63, 3.8) is 0 Å². The summed E-state index contributed by atoms with van der Waals surface area (Å²) in [4.78, 5) is 0. The minimum atomic E-state index is -0.692. The van der Waals surface area contributed by atoms with Crippen molar-refractivity contribution >= 4 is 5.69 Å². The second kappa shape index (κ2) is 5.12. The quantitative estimate of drug-likeness (QED) is 0.868. The molecule has 2 aromatic carbocycles. The zero-order valence-corrected chi connectivity index (χ0v) is 9.81. The van der Waals surface area contributed by atoms with E-state index in [1.807, 2.05) is 6.92 Å². The molecule has 0 saturated carbocycles. The lowest BCUT2D eigenvalue weighted by Crippen LogP contribution is -2.04. The smallest absolute Gasteiger partial charge is 0.149 e. The van der Waals surface area contributed by atoms with Crippen LogP contribution in [0.1, 0.15) is 11.1 Å². The van der Waals surface area contributed by atoms with E-state index in [9.17, 15) is 13.2 Å². The van der Waals surface area contributed by atoms with Crippen LogP contribution in [0.25, 0.3) is 0 Å². The van der Waals surface area contributed by atoms with Gasteiger partial charge in [-0.25, -0.2) is 13.2 Å². The third kappa shape index (κ3) is 2.83. The molecule has 0 aliphatic carbocycles. The highest BCUT2D eigenvalue weighted by Gasteiger charge is 2.06. The summed E-state index contributed by atoms with van der Waals surface area (Å²) in [7, 11) is 0. The molecule has 18 heavy (non-hydrogen) atoms. The zero-order chi connectivity index (χ0) is 13.1. The maximum absolute atomic E-state index is 13.4. The summed E-state index contributed by atoms with van der Waals surface area (Å²) in [6.45, 7) is 2.00. The lowest BCUT2D eigenvalue weighted by atomic mass is 10.1. The van der Waals surface area contributed by atoms with Crippen LogP contribution < -0.4 is 5.32 Å². The largest absolute Gasteiger partial charge is 0.378 e. The first-order valence-corrected chi connectivity index (χ1v) is 5.50. The van der Waals surface area contributed by atoms with Gasteiger partial charge in [0.05, 0.1) is 5.69 Å². The van der Waals surface area contributed by atoms with Crippen LogP contribution in [-0.4, -0.2) is 0 Å². The molecule has 2 aromatic rings. The van der Waals surface area contributed by atoms with Gasteiger partial charge in [0.25, 0.3) is 0 Å². The van der Waals surface area contributed by atoms with Crippen molar-refractivity contribution in [3.05, 3.63) is 65.0 Å². The van der Waals surface area contributed by atoms with E-state index in [2.05, 4.69) is 5.32 Å². The molecule has 0 aliphatic heterocycles. The summed E-state index contributed by atoms with van der Waals surface area (Å²) in [6, 6.07) is 7.94. The minimum Gasteiger partial charge on any atom is -0.378 e. The van der Waals surface area contributed by atoms with E-state index in [0.717, 1.165) is 17.7 Å². The van der Waals surface area contributed by atoms with E-state index in [0.29, 0.717) is 5.56 Å². The van der Waals surface area contributed by atoms with Crippen molar-refractivity contribution in [2.45, 2.75) is 13.5 Å². The Hall–Kier alpha value is -1.97. The second-order valence-electron chi connectivity index (χ2n) is 4.07. The molecule has 0 fully saturated rings. The van der Waals surface area contributed by atoms with E-state index in [4.69, 9.17) is 0 Å². The number of hydrogen-bond acceptors (Lipinski definition) is 1. The van der Waals surface area contributed by atoms with Crippen LogP contribution in [0.2, 0.25) is 0 Å². The first-order valence-electron chi connectivity index (χ1n) is 5.50. The first-order chi connectivity index (χ1) is 8.56. The normalized spacial score (nSPS) is 10.4. The number of anilines is 1. The van der Waals surface area contributed by atoms with Crippen LogP contribution in [0.3, 0.4) is 0 Å². The Morgan fingerprint density at radius 1 is 0.944 bits per heavy atom. The lowest BCUT2D eigenvalue weighted by Gasteiger charge is -2.09. The van der Waals surface area contributed by atoms with E-state index < -0.39 is 11.6 Å². The number of aryl methyl sites for hydroxylation is 1. The van der Waals surface area contributed by atoms with Crippen molar-refractivity contribution in [1.82, 2.24) is 0 Å². The zero-order valence-electron chi connectivity index (χ0n) is 9.81. The highest BCUT2D eigenvalue weighted by atomic mass is 19.1. The van der Waals surface area contributed by atoms with Gasteiger partial charge in [-0.15, -0.1) is 0 Å². The molecule has 94 valence electrons. The van der Waals surface area contributed by atoms with Crippen LogP contribution >= 0.6 is 0 Å². The summed E-state index contributed by atoms with van der Waals surface area (Å²) in [5, 5.41) is 2.74. The Labute approximate surface area is 103 Å². The minimum absolute atomic E-state index is 0.149. The van der Waals surface area contributed by atoms with Gasteiger partial charge in [0, 0.05) is 18.2 Å². The fourth-order valence-electron chi connectivity index (χ4n) is 1.66. The van der Waals surface area contributed by atoms with Gasteiger partial charge in [-0.2, -0.15) is 0 Å². The molecule has 0 amide bonds. The Bertz CT molecular complexity index is 567. The highest BCUT2D eigenvalue weighted by molar-refractivity contribution is 5.45. The van der Waals surface area contributed by atoms with Crippen LogP contribution in [-0.2, 0) is 6.54 Å². The van der Waals surface area contributed by atoms with Gasteiger partial charge in [-0.3, -0.25) is 0 Å². The van der Waals surface area contributed by atoms with E-state index in [-0.39, 0.29) is 18.0 Å². The third-order valence-corrected chi connectivity index (χ3v) is 2.60. The van der Waals surface area contributed by atoms with Crippen molar-refractivity contribution in [2.75, 3.05) is 5.32 Å². The van der Waals surface area contributed by atoms with Gasteiger partial charge in [0.1, 0.15) is 17.5 Å². The number of benzene rings is 2. The van der Waals surface area contributed by atoms with Crippen molar-refractivity contribution < 1.29 is 13.2 Å². The Morgan fingerprint density at radius 2 is 1.72 bits per heavy atom. The van der Waals surface area contributed by atoms with Crippen LogP contribution in [0.5, 0.6) is 0 Å². The Balaban J connectivity index is 2.13. The standard InChI is InChI=1S/C14H12F3N/c1-9-2-4-12(16)10(6-9)8-18-14-5-3-11(15)7-13(14)17/h2-7,18H,8H2,1H3. The summed E-state index contributed by atoms with van der Waals surface area (Å²) >= 11 is 0. The van der Waals surface area contributed by atoms with E-state index >= 15 is 0 Å². The van der Waals surface area contributed by atoms with Gasteiger partial charge in [0.15, 0.2) is 0 Å². The molecule has 4 heteroatoms. The van der Waals surface area contributed by atoms with Crippen molar-refractivity contribution in [3.8, 4) is 0 Å². The topological polar surface area (TPSA) is 12.0 Å². The number of halogens is 3. The second-order valence-corrected chi connectivity index (χ2v) is 4.07. The monoisotopic (exact) mass is 251 g/mol. The Kier molecular flexibility index (Phi) is 3.55. The van der Waals surface area contributed by atoms with Gasteiger partial charge in [-0.05, 0) is 25.1 Å². The molecule has 0 aromatic heterocycles. The average Bonchev–Trinajstić information content (AvgIpc) is 2.32. The maximum atomic E-state index is 13.4. The molecule has 0 bridgehead atoms. The molecule has 0 heterocycles. The highest BCUT2D eigenvalue weighted by Crippen LogP contribution is 2.17. The van der Waals surface area contributed by atoms with Gasteiger partial charge < -0.3 is 5.32 Å². The first kappa shape index (κ1) is 12.5. The summed E-state index contributed by atoms with van der Waals surface area (Å²) in [5.41, 5.74) is 1.52. The molecular weight excluding hydrogens is 239 g/mol. The predicted molar refractivity (Wildman–Crippen MR) is 64.8 cm³/mol. The molecule has 0 aliphatic rings. The van der Waals surface area contributed by atoms with E-state index in [1.165, 1.54) is 12.1 Å². The van der Waals surface area contributed by atoms with Crippen molar-refractivity contribution in [2.24, 2.45) is 0 Å². The van der Waals surface area contributed by atoms with Gasteiger partial charge in [-0.1, -0.05) is 17.7 Å². The third-order valence-electron chi connectivity index (χ3n) is 2.60. The summed E-state index contributed by atoms with van der Waals surface area (Å²) < 4.78 is 39.5. The van der Waals surface area contributed by atoms with Gasteiger partial charge in [0.2, 0.25) is 0 Å².